The number of thiophene rings is 1. The van der Waals surface area contributed by atoms with Crippen LogP contribution in [0.15, 0.2) is 40.6 Å². The molecule has 0 radical (unpaired) electrons. The summed E-state index contributed by atoms with van der Waals surface area (Å²) >= 11 is 6.83. The van der Waals surface area contributed by atoms with Crippen molar-refractivity contribution < 1.29 is 8.42 Å². The summed E-state index contributed by atoms with van der Waals surface area (Å²) in [6, 6.07) is 11.0. The molecule has 1 saturated carbocycles. The maximum Gasteiger partial charge on any atom is 0.271 e. The third kappa shape index (κ3) is 3.74. The zero-order chi connectivity index (χ0) is 15.6. The lowest BCUT2D eigenvalue weighted by molar-refractivity contribution is 0.603. The molecule has 118 valence electrons. The molecule has 2 aromatic rings. The number of halogens is 1. The largest absolute Gasteiger partial charge is 0.382 e. The third-order valence-corrected chi connectivity index (χ3v) is 6.78. The van der Waals surface area contributed by atoms with E-state index in [-0.39, 0.29) is 4.21 Å². The van der Waals surface area contributed by atoms with Crippen molar-refractivity contribution in [3.8, 4) is 0 Å². The summed E-state index contributed by atoms with van der Waals surface area (Å²) < 4.78 is 27.6. The van der Waals surface area contributed by atoms with E-state index in [4.69, 9.17) is 11.6 Å². The van der Waals surface area contributed by atoms with E-state index in [2.05, 4.69) is 10.0 Å². The maximum absolute atomic E-state index is 12.2. The van der Waals surface area contributed by atoms with Crippen LogP contribution in [0.2, 0.25) is 4.34 Å². The predicted octanol–water partition coefficient (Wildman–Crippen LogP) is 4.56. The Labute approximate surface area is 139 Å². The topological polar surface area (TPSA) is 58.2 Å². The minimum Gasteiger partial charge on any atom is -0.382 e. The van der Waals surface area contributed by atoms with Gasteiger partial charge in [0.15, 0.2) is 0 Å². The van der Waals surface area contributed by atoms with Gasteiger partial charge in [0.2, 0.25) is 0 Å². The molecule has 2 N–H and O–H groups in total. The van der Waals surface area contributed by atoms with Gasteiger partial charge in [-0.3, -0.25) is 4.72 Å². The molecular formula is C15H17ClN2O2S2. The van der Waals surface area contributed by atoms with Crippen LogP contribution in [-0.4, -0.2) is 14.5 Å². The standard InChI is InChI=1S/C15H17ClN2O2S2/c16-14-9-10-15(21-14)22(19,20)18-13-7-5-12(6-8-13)17-11-3-1-2-4-11/h5-11,17-18H,1-4H2. The molecule has 0 saturated heterocycles. The second kappa shape index (κ2) is 6.48. The molecule has 22 heavy (non-hydrogen) atoms. The molecule has 1 aliphatic rings. The molecule has 1 fully saturated rings. The Morgan fingerprint density at radius 3 is 2.23 bits per heavy atom. The van der Waals surface area contributed by atoms with Gasteiger partial charge in [0.1, 0.15) is 4.21 Å². The zero-order valence-electron chi connectivity index (χ0n) is 11.9. The highest BCUT2D eigenvalue weighted by Crippen LogP contribution is 2.28. The minimum atomic E-state index is -3.56. The van der Waals surface area contributed by atoms with Crippen molar-refractivity contribution in [3.63, 3.8) is 0 Å². The van der Waals surface area contributed by atoms with E-state index in [1.165, 1.54) is 31.7 Å². The summed E-state index contributed by atoms with van der Waals surface area (Å²) in [6.45, 7) is 0. The highest BCUT2D eigenvalue weighted by atomic mass is 35.5. The molecule has 7 heteroatoms. The highest BCUT2D eigenvalue weighted by molar-refractivity contribution is 7.94. The monoisotopic (exact) mass is 356 g/mol. The van der Waals surface area contributed by atoms with Crippen LogP contribution in [0.25, 0.3) is 0 Å². The predicted molar refractivity (Wildman–Crippen MR) is 92.5 cm³/mol. The van der Waals surface area contributed by atoms with Crippen molar-refractivity contribution in [1.29, 1.82) is 0 Å². The molecular weight excluding hydrogens is 340 g/mol. The van der Waals surface area contributed by atoms with E-state index in [0.717, 1.165) is 17.0 Å². The number of anilines is 2. The van der Waals surface area contributed by atoms with E-state index in [9.17, 15) is 8.42 Å². The van der Waals surface area contributed by atoms with Gasteiger partial charge < -0.3 is 5.32 Å². The summed E-state index contributed by atoms with van der Waals surface area (Å²) in [5.41, 5.74) is 1.57. The first-order chi connectivity index (χ1) is 10.5. The molecule has 0 bridgehead atoms. The average molecular weight is 357 g/mol. The Bertz CT molecular complexity index is 735. The molecule has 3 rings (SSSR count). The van der Waals surface area contributed by atoms with Crippen LogP contribution in [0, 0.1) is 0 Å². The van der Waals surface area contributed by atoms with Crippen molar-refractivity contribution in [1.82, 2.24) is 0 Å². The van der Waals surface area contributed by atoms with Gasteiger partial charge in [-0.15, -0.1) is 11.3 Å². The van der Waals surface area contributed by atoms with Crippen LogP contribution < -0.4 is 10.0 Å². The Morgan fingerprint density at radius 2 is 1.64 bits per heavy atom. The van der Waals surface area contributed by atoms with E-state index in [1.54, 1.807) is 18.2 Å². The Kier molecular flexibility index (Phi) is 4.61. The van der Waals surface area contributed by atoms with Gasteiger partial charge >= 0.3 is 0 Å². The molecule has 1 heterocycles. The number of rotatable bonds is 5. The van der Waals surface area contributed by atoms with Gasteiger partial charge in [-0.1, -0.05) is 24.4 Å². The van der Waals surface area contributed by atoms with Crippen molar-refractivity contribution in [3.05, 3.63) is 40.7 Å². The number of benzene rings is 1. The molecule has 1 aromatic carbocycles. The van der Waals surface area contributed by atoms with Crippen LogP contribution in [0.3, 0.4) is 0 Å². The number of sulfonamides is 1. The van der Waals surface area contributed by atoms with Gasteiger partial charge in [0, 0.05) is 17.4 Å². The van der Waals surface area contributed by atoms with Crippen LogP contribution >= 0.6 is 22.9 Å². The molecule has 0 aliphatic heterocycles. The zero-order valence-corrected chi connectivity index (χ0v) is 14.3. The first kappa shape index (κ1) is 15.6. The lowest BCUT2D eigenvalue weighted by Gasteiger charge is -2.14. The second-order valence-corrected chi connectivity index (χ2v) is 8.99. The quantitative estimate of drug-likeness (QED) is 0.825. The summed E-state index contributed by atoms with van der Waals surface area (Å²) in [5, 5.41) is 3.47. The van der Waals surface area contributed by atoms with Gasteiger partial charge in [-0.05, 0) is 49.2 Å². The van der Waals surface area contributed by atoms with Crippen LogP contribution in [0.5, 0.6) is 0 Å². The van der Waals surface area contributed by atoms with E-state index in [0.29, 0.717) is 16.1 Å². The lowest BCUT2D eigenvalue weighted by Crippen LogP contribution is -2.14. The molecule has 1 aromatic heterocycles. The van der Waals surface area contributed by atoms with Gasteiger partial charge in [0.25, 0.3) is 10.0 Å². The van der Waals surface area contributed by atoms with Crippen molar-refractivity contribution in [2.75, 3.05) is 10.0 Å². The average Bonchev–Trinajstić information content (AvgIpc) is 3.12. The number of hydrogen-bond donors (Lipinski definition) is 2. The first-order valence-corrected chi connectivity index (χ1v) is 9.85. The van der Waals surface area contributed by atoms with Crippen LogP contribution in [0.4, 0.5) is 11.4 Å². The molecule has 1 aliphatic carbocycles. The number of hydrogen-bond acceptors (Lipinski definition) is 4. The Balaban J connectivity index is 1.67. The van der Waals surface area contributed by atoms with Crippen molar-refractivity contribution in [2.45, 2.75) is 35.9 Å². The van der Waals surface area contributed by atoms with Crippen LogP contribution in [0.1, 0.15) is 25.7 Å². The molecule has 4 nitrogen and oxygen atoms in total. The normalized spacial score (nSPS) is 15.9. The van der Waals surface area contributed by atoms with E-state index < -0.39 is 10.0 Å². The second-order valence-electron chi connectivity index (χ2n) is 5.37. The summed E-state index contributed by atoms with van der Waals surface area (Å²) in [4.78, 5) is 0. The first-order valence-electron chi connectivity index (χ1n) is 7.18. The minimum absolute atomic E-state index is 0.214. The van der Waals surface area contributed by atoms with Gasteiger partial charge in [0.05, 0.1) is 4.34 Å². The van der Waals surface area contributed by atoms with Gasteiger partial charge in [-0.2, -0.15) is 0 Å². The number of nitrogens with one attached hydrogen (secondary N) is 2. The highest BCUT2D eigenvalue weighted by Gasteiger charge is 2.17. The fourth-order valence-corrected chi connectivity index (χ4v) is 5.13. The molecule has 0 atom stereocenters. The lowest BCUT2D eigenvalue weighted by atomic mass is 10.2. The smallest absolute Gasteiger partial charge is 0.271 e. The fourth-order valence-electron chi connectivity index (χ4n) is 2.59. The summed E-state index contributed by atoms with van der Waals surface area (Å²) in [6.07, 6.45) is 4.96. The summed E-state index contributed by atoms with van der Waals surface area (Å²) in [7, 11) is -3.56. The Hall–Kier alpha value is -1.24. The SMILES string of the molecule is O=S(=O)(Nc1ccc(NC2CCCC2)cc1)c1ccc(Cl)s1. The van der Waals surface area contributed by atoms with Gasteiger partial charge in [-0.25, -0.2) is 8.42 Å². The third-order valence-electron chi connectivity index (χ3n) is 3.68. The molecule has 0 amide bonds. The fraction of sp³-hybridized carbons (Fsp3) is 0.333. The molecule has 0 spiro atoms. The van der Waals surface area contributed by atoms with Crippen molar-refractivity contribution >= 4 is 44.3 Å². The van der Waals surface area contributed by atoms with E-state index in [1.807, 2.05) is 12.1 Å². The summed E-state index contributed by atoms with van der Waals surface area (Å²) in [5.74, 6) is 0. The van der Waals surface area contributed by atoms with Crippen LogP contribution in [-0.2, 0) is 10.0 Å². The van der Waals surface area contributed by atoms with Crippen molar-refractivity contribution in [2.24, 2.45) is 0 Å². The maximum atomic E-state index is 12.2. The molecule has 0 unspecified atom stereocenters. The van der Waals surface area contributed by atoms with E-state index >= 15 is 0 Å². The Morgan fingerprint density at radius 1 is 1.00 bits per heavy atom.